The number of rotatable bonds is 1. The number of aliphatic hydroxyl groups is 1. The Morgan fingerprint density at radius 3 is 2.70 bits per heavy atom. The van der Waals surface area contributed by atoms with Gasteiger partial charge in [0.2, 0.25) is 5.13 Å². The molecule has 0 amide bonds. The van der Waals surface area contributed by atoms with Gasteiger partial charge < -0.3 is 9.84 Å². The minimum absolute atomic E-state index is 0.0494. The average Bonchev–Trinajstić information content (AvgIpc) is 2.08. The van der Waals surface area contributed by atoms with Gasteiger partial charge in [0.25, 0.3) is 0 Å². The molecule has 0 aromatic rings. The number of hydrogen-bond donors (Lipinski definition) is 1. The molecule has 2 nitrogen and oxygen atoms in total. The molecule has 5 heteroatoms. The molecule has 0 spiro atoms. The van der Waals surface area contributed by atoms with E-state index >= 15 is 0 Å². The Morgan fingerprint density at radius 2 is 2.50 bits per heavy atom. The van der Waals surface area contributed by atoms with Crippen LogP contribution in [-0.2, 0) is 4.74 Å². The van der Waals surface area contributed by atoms with Gasteiger partial charge in [-0.3, -0.25) is 0 Å². The fourth-order valence-electron chi connectivity index (χ4n) is 0.882. The van der Waals surface area contributed by atoms with E-state index in [1.165, 1.54) is 0 Å². The van der Waals surface area contributed by atoms with Crippen molar-refractivity contribution < 1.29 is 14.2 Å². The molecular formula is C5H7BClFO2. The van der Waals surface area contributed by atoms with Crippen LogP contribution in [0.25, 0.3) is 0 Å². The van der Waals surface area contributed by atoms with Crippen LogP contribution in [0, 0.1) is 0 Å². The Hall–Kier alpha value is 0.205. The first kappa shape index (κ1) is 8.30. The lowest BCUT2D eigenvalue weighted by atomic mass is 9.95. The van der Waals surface area contributed by atoms with Gasteiger partial charge in [0.05, 0.1) is 18.7 Å². The van der Waals surface area contributed by atoms with Crippen LogP contribution in [-0.4, -0.2) is 36.8 Å². The maximum absolute atomic E-state index is 12.8. The summed E-state index contributed by atoms with van der Waals surface area (Å²) in [6.45, 7) is -0.244. The van der Waals surface area contributed by atoms with Gasteiger partial charge in [-0.1, -0.05) is 11.6 Å². The highest BCUT2D eigenvalue weighted by Crippen LogP contribution is 2.35. The largest absolute Gasteiger partial charge is 0.394 e. The first-order valence-electron chi connectivity index (χ1n) is 2.96. The zero-order valence-corrected chi connectivity index (χ0v) is 6.01. The Labute approximate surface area is 64.7 Å². The number of ether oxygens (including phenoxy) is 1. The first-order valence-corrected chi connectivity index (χ1v) is 3.34. The van der Waals surface area contributed by atoms with E-state index in [4.69, 9.17) is 29.3 Å². The molecule has 1 aliphatic rings. The Balaban J connectivity index is 2.53. The summed E-state index contributed by atoms with van der Waals surface area (Å²) in [7, 11) is 5.14. The van der Waals surface area contributed by atoms with Gasteiger partial charge in [0.15, 0.2) is 0 Å². The highest BCUT2D eigenvalue weighted by molar-refractivity contribution is 6.28. The lowest BCUT2D eigenvalue weighted by Gasteiger charge is -2.13. The molecule has 1 saturated heterocycles. The average molecular weight is 164 g/mol. The van der Waals surface area contributed by atoms with E-state index in [2.05, 4.69) is 0 Å². The van der Waals surface area contributed by atoms with E-state index < -0.39 is 17.2 Å². The normalized spacial score (nSPS) is 47.9. The summed E-state index contributed by atoms with van der Waals surface area (Å²) < 4.78 is 17.6. The third kappa shape index (κ3) is 1.44. The van der Waals surface area contributed by atoms with Crippen molar-refractivity contribution in [3.8, 4) is 0 Å². The van der Waals surface area contributed by atoms with Crippen molar-refractivity contribution in [2.75, 3.05) is 6.61 Å². The molecule has 1 fully saturated rings. The van der Waals surface area contributed by atoms with Crippen molar-refractivity contribution in [2.45, 2.75) is 23.7 Å². The molecule has 0 saturated carbocycles. The van der Waals surface area contributed by atoms with E-state index in [1.807, 2.05) is 0 Å². The summed E-state index contributed by atoms with van der Waals surface area (Å²) in [5.74, 6) is 0. The van der Waals surface area contributed by atoms with Crippen molar-refractivity contribution in [3.63, 3.8) is 0 Å². The molecule has 1 N–H and O–H groups in total. The lowest BCUT2D eigenvalue weighted by molar-refractivity contribution is 0.0351. The molecule has 0 bridgehead atoms. The number of aliphatic hydroxyl groups excluding tert-OH is 1. The van der Waals surface area contributed by atoms with E-state index in [-0.39, 0.29) is 13.0 Å². The second-order valence-corrected chi connectivity index (χ2v) is 2.95. The van der Waals surface area contributed by atoms with Gasteiger partial charge in [0.1, 0.15) is 7.85 Å². The molecule has 1 rings (SSSR count). The number of hydrogen-bond acceptors (Lipinski definition) is 2. The Morgan fingerprint density at radius 1 is 1.90 bits per heavy atom. The van der Waals surface area contributed by atoms with Gasteiger partial charge in [-0.25, -0.2) is 4.39 Å². The quantitative estimate of drug-likeness (QED) is 0.442. The zero-order chi connectivity index (χ0) is 7.78. The molecule has 3 atom stereocenters. The summed E-state index contributed by atoms with van der Waals surface area (Å²) in [6, 6.07) is -1.12. The van der Waals surface area contributed by atoms with E-state index in [0.29, 0.717) is 0 Å². The fraction of sp³-hybridized carbons (Fsp3) is 1.00. The van der Waals surface area contributed by atoms with Gasteiger partial charge in [-0.2, -0.15) is 0 Å². The molecule has 10 heavy (non-hydrogen) atoms. The lowest BCUT2D eigenvalue weighted by Crippen LogP contribution is -2.26. The van der Waals surface area contributed by atoms with Gasteiger partial charge >= 0.3 is 0 Å². The minimum atomic E-state index is -2.01. The van der Waals surface area contributed by atoms with Gasteiger partial charge in [-0.05, 0) is 0 Å². The molecule has 1 aliphatic heterocycles. The maximum Gasteiger partial charge on any atom is 0.203 e. The predicted octanol–water partition coefficient (Wildman–Crippen LogP) is 0.167. The van der Waals surface area contributed by atoms with Crippen molar-refractivity contribution in [3.05, 3.63) is 0 Å². The molecule has 0 unspecified atom stereocenters. The molecule has 0 aliphatic carbocycles. The predicted molar refractivity (Wildman–Crippen MR) is 35.8 cm³/mol. The summed E-state index contributed by atoms with van der Waals surface area (Å²) in [5, 5.41) is 6.50. The van der Waals surface area contributed by atoms with Crippen LogP contribution in [0.3, 0.4) is 0 Å². The van der Waals surface area contributed by atoms with Crippen molar-refractivity contribution in [1.29, 1.82) is 0 Å². The molecule has 1 heterocycles. The summed E-state index contributed by atoms with van der Waals surface area (Å²) in [5.41, 5.74) is 0. The highest BCUT2D eigenvalue weighted by atomic mass is 35.5. The summed E-state index contributed by atoms with van der Waals surface area (Å²) >= 11 is 5.26. The van der Waals surface area contributed by atoms with Crippen LogP contribution in [0.1, 0.15) is 6.42 Å². The van der Waals surface area contributed by atoms with Gasteiger partial charge in [-0.15, -0.1) is 0 Å². The molecule has 2 radical (unpaired) electrons. The smallest absolute Gasteiger partial charge is 0.203 e. The monoisotopic (exact) mass is 164 g/mol. The van der Waals surface area contributed by atoms with Crippen LogP contribution in [0.15, 0.2) is 0 Å². The summed E-state index contributed by atoms with van der Waals surface area (Å²) in [6.07, 6.45) is -0.607. The minimum Gasteiger partial charge on any atom is -0.394 e. The van der Waals surface area contributed by atoms with Crippen LogP contribution < -0.4 is 0 Å². The van der Waals surface area contributed by atoms with Crippen molar-refractivity contribution in [2.24, 2.45) is 0 Å². The Bertz CT molecular complexity index is 133. The highest BCUT2D eigenvalue weighted by Gasteiger charge is 2.44. The van der Waals surface area contributed by atoms with E-state index in [0.717, 1.165) is 0 Å². The third-order valence-corrected chi connectivity index (χ3v) is 1.83. The second kappa shape index (κ2) is 2.68. The van der Waals surface area contributed by atoms with Crippen LogP contribution >= 0.6 is 11.6 Å². The second-order valence-electron chi connectivity index (χ2n) is 2.33. The standard InChI is InChI=1S/C5H7BClFO2/c6-4-5(7,8)1-3(2-9)10-4/h3-4,9H,1-2H2/t3-,4+,5+/m0/s1. The molecule has 56 valence electrons. The van der Waals surface area contributed by atoms with E-state index in [1.54, 1.807) is 0 Å². The first-order chi connectivity index (χ1) is 4.56. The van der Waals surface area contributed by atoms with E-state index in [9.17, 15) is 4.39 Å². The molecule has 0 aromatic carbocycles. The molecule has 0 aromatic heterocycles. The van der Waals surface area contributed by atoms with Crippen molar-refractivity contribution in [1.82, 2.24) is 0 Å². The fourth-order valence-corrected chi connectivity index (χ4v) is 1.11. The SMILES string of the molecule is [B][C@@H]1O[C@H](CO)C[C@]1(F)Cl. The molecular weight excluding hydrogens is 157 g/mol. The van der Waals surface area contributed by atoms with Crippen LogP contribution in [0.5, 0.6) is 0 Å². The number of halogens is 2. The maximum atomic E-state index is 12.8. The van der Waals surface area contributed by atoms with Crippen LogP contribution in [0.4, 0.5) is 4.39 Å². The van der Waals surface area contributed by atoms with Gasteiger partial charge in [0, 0.05) is 6.42 Å². The zero-order valence-electron chi connectivity index (χ0n) is 5.26. The number of alkyl halides is 2. The third-order valence-electron chi connectivity index (χ3n) is 1.46. The topological polar surface area (TPSA) is 29.5 Å². The van der Waals surface area contributed by atoms with Crippen LogP contribution in [0.2, 0.25) is 0 Å². The summed E-state index contributed by atoms with van der Waals surface area (Å²) in [4.78, 5) is 0. The van der Waals surface area contributed by atoms with Crippen molar-refractivity contribution >= 4 is 19.4 Å². The Kier molecular flexibility index (Phi) is 2.23.